The van der Waals surface area contributed by atoms with Crippen LogP contribution in [0.15, 0.2) is 67.4 Å². The Morgan fingerprint density at radius 1 is 1.13 bits per heavy atom. The minimum absolute atomic E-state index is 0.0523. The molecule has 2 aliphatic heterocycles. The van der Waals surface area contributed by atoms with Gasteiger partial charge in [-0.25, -0.2) is 4.98 Å². The van der Waals surface area contributed by atoms with Crippen molar-refractivity contribution in [3.63, 3.8) is 0 Å². The summed E-state index contributed by atoms with van der Waals surface area (Å²) in [6.45, 7) is 10.1. The van der Waals surface area contributed by atoms with Gasteiger partial charge in [0.25, 0.3) is 0 Å². The monoisotopic (exact) mass is 533 g/mol. The van der Waals surface area contributed by atoms with Crippen molar-refractivity contribution in [1.29, 1.82) is 0 Å². The quantitative estimate of drug-likeness (QED) is 0.406. The van der Waals surface area contributed by atoms with Crippen LogP contribution in [0.3, 0.4) is 0 Å². The lowest BCUT2D eigenvalue weighted by Gasteiger charge is -2.39. The van der Waals surface area contributed by atoms with Gasteiger partial charge in [-0.2, -0.15) is 4.98 Å². The Labute approximate surface area is 228 Å². The molecule has 0 spiro atoms. The number of benzene rings is 2. The zero-order valence-electron chi connectivity index (χ0n) is 21.6. The first-order chi connectivity index (χ1) is 18.4. The Morgan fingerprint density at radius 3 is 2.66 bits per heavy atom. The first kappa shape index (κ1) is 25.8. The number of likely N-dealkylation sites (N-methyl/N-ethyl adjacent to an activating group) is 1. The number of carbonyl (C=O) groups excluding carboxylic acids is 1. The van der Waals surface area contributed by atoms with Crippen LogP contribution < -0.4 is 20.3 Å². The van der Waals surface area contributed by atoms with Gasteiger partial charge in [0.1, 0.15) is 10.8 Å². The van der Waals surface area contributed by atoms with Crippen LogP contribution in [0.5, 0.6) is 11.6 Å². The number of rotatable bonds is 8. The second kappa shape index (κ2) is 11.3. The van der Waals surface area contributed by atoms with Crippen molar-refractivity contribution < 1.29 is 9.53 Å². The van der Waals surface area contributed by atoms with Crippen LogP contribution in [-0.4, -0.2) is 77.5 Å². The van der Waals surface area contributed by atoms with E-state index < -0.39 is 0 Å². The van der Waals surface area contributed by atoms with E-state index in [9.17, 15) is 4.79 Å². The molecule has 1 unspecified atom stereocenters. The minimum atomic E-state index is -0.0523. The predicted octanol–water partition coefficient (Wildman–Crippen LogP) is 4.61. The molecule has 2 aliphatic rings. The highest BCUT2D eigenvalue weighted by molar-refractivity contribution is 6.31. The van der Waals surface area contributed by atoms with Gasteiger partial charge in [-0.15, -0.1) is 0 Å². The molecule has 2 fully saturated rings. The van der Waals surface area contributed by atoms with Gasteiger partial charge in [0.15, 0.2) is 0 Å². The largest absolute Gasteiger partial charge is 0.437 e. The molecule has 5 rings (SSSR count). The van der Waals surface area contributed by atoms with Crippen molar-refractivity contribution in [1.82, 2.24) is 19.8 Å². The molecule has 198 valence electrons. The van der Waals surface area contributed by atoms with E-state index in [1.54, 1.807) is 4.90 Å². The van der Waals surface area contributed by atoms with Gasteiger partial charge in [0.2, 0.25) is 17.7 Å². The number of carbonyl (C=O) groups is 1. The second-order valence-corrected chi connectivity index (χ2v) is 10.1. The Bertz CT molecular complexity index is 1300. The highest BCUT2D eigenvalue weighted by Gasteiger charge is 2.29. The Morgan fingerprint density at radius 2 is 1.92 bits per heavy atom. The summed E-state index contributed by atoms with van der Waals surface area (Å²) in [5.41, 5.74) is 2.96. The summed E-state index contributed by atoms with van der Waals surface area (Å²) < 4.78 is 6.00. The molecule has 1 aromatic heterocycles. The number of nitrogens with one attached hydrogen (secondary N) is 2. The summed E-state index contributed by atoms with van der Waals surface area (Å²) in [6, 6.07) is 16.5. The first-order valence-electron chi connectivity index (χ1n) is 12.7. The SMILES string of the molecule is C=CC(=O)N1CC(Nc2cccc(Oc3nc(Nc4ccc(N5CCN(C)C(C)C5)cc4)ncc3Cl)c2)C1. The average molecular weight is 534 g/mol. The van der Waals surface area contributed by atoms with Crippen molar-refractivity contribution in [2.75, 3.05) is 55.3 Å². The summed E-state index contributed by atoms with van der Waals surface area (Å²) in [5, 5.41) is 6.96. The normalized spacial score (nSPS) is 18.0. The zero-order valence-corrected chi connectivity index (χ0v) is 22.4. The summed E-state index contributed by atoms with van der Waals surface area (Å²) in [7, 11) is 2.17. The number of hydrogen-bond acceptors (Lipinski definition) is 8. The number of piperazine rings is 1. The second-order valence-electron chi connectivity index (χ2n) is 9.71. The van der Waals surface area contributed by atoms with Crippen molar-refractivity contribution in [3.05, 3.63) is 72.4 Å². The summed E-state index contributed by atoms with van der Waals surface area (Å²) in [4.78, 5) is 27.0. The van der Waals surface area contributed by atoms with Crippen LogP contribution in [0.25, 0.3) is 0 Å². The highest BCUT2D eigenvalue weighted by atomic mass is 35.5. The van der Waals surface area contributed by atoms with Crippen LogP contribution in [0, 0.1) is 0 Å². The maximum atomic E-state index is 11.7. The maximum absolute atomic E-state index is 11.7. The van der Waals surface area contributed by atoms with Gasteiger partial charge in [-0.05, 0) is 56.4 Å². The summed E-state index contributed by atoms with van der Waals surface area (Å²) in [5.74, 6) is 1.19. The molecule has 0 saturated carbocycles. The van der Waals surface area contributed by atoms with E-state index in [0.29, 0.717) is 35.9 Å². The Balaban J connectivity index is 1.20. The lowest BCUT2D eigenvalue weighted by molar-refractivity contribution is -0.129. The third-order valence-electron chi connectivity index (χ3n) is 6.95. The number of likely N-dealkylation sites (tertiary alicyclic amines) is 1. The molecule has 2 N–H and O–H groups in total. The van der Waals surface area contributed by atoms with Gasteiger partial charge in [0, 0.05) is 61.9 Å². The van der Waals surface area contributed by atoms with E-state index in [2.05, 4.69) is 63.1 Å². The van der Waals surface area contributed by atoms with E-state index in [1.165, 1.54) is 18.0 Å². The first-order valence-corrected chi connectivity index (χ1v) is 13.1. The van der Waals surface area contributed by atoms with E-state index in [4.69, 9.17) is 16.3 Å². The fourth-order valence-electron chi connectivity index (χ4n) is 4.53. The van der Waals surface area contributed by atoms with E-state index in [0.717, 1.165) is 31.0 Å². The number of hydrogen-bond donors (Lipinski definition) is 2. The van der Waals surface area contributed by atoms with Crippen LogP contribution in [0.1, 0.15) is 6.92 Å². The number of halogens is 1. The minimum Gasteiger partial charge on any atom is -0.437 e. The Hall–Kier alpha value is -3.82. The number of nitrogens with zero attached hydrogens (tertiary/aromatic N) is 5. The molecular formula is C28H32ClN7O2. The molecule has 1 atom stereocenters. The van der Waals surface area contributed by atoms with E-state index >= 15 is 0 Å². The topological polar surface area (TPSA) is 85.9 Å². The van der Waals surface area contributed by atoms with Crippen molar-refractivity contribution in [2.24, 2.45) is 0 Å². The number of amides is 1. The van der Waals surface area contributed by atoms with Crippen LogP contribution in [0.2, 0.25) is 5.02 Å². The van der Waals surface area contributed by atoms with Crippen LogP contribution in [-0.2, 0) is 4.79 Å². The van der Waals surface area contributed by atoms with Gasteiger partial charge in [-0.3, -0.25) is 4.79 Å². The molecule has 0 radical (unpaired) electrons. The standard InChI is InChI=1S/C28H32ClN7O2/c1-4-26(37)36-17-22(18-36)31-21-6-5-7-24(14-21)38-27-25(29)15-30-28(33-27)32-20-8-10-23(11-9-20)35-13-12-34(3)19(2)16-35/h4-11,14-15,19,22,31H,1,12-13,16-18H2,2-3H3,(H,30,32,33). The van der Waals surface area contributed by atoms with Crippen molar-refractivity contribution >= 4 is 40.5 Å². The molecule has 1 amide bonds. The van der Waals surface area contributed by atoms with E-state index in [-0.39, 0.29) is 17.8 Å². The van der Waals surface area contributed by atoms with Gasteiger partial charge in [0.05, 0.1) is 12.2 Å². The molecule has 10 heteroatoms. The fraction of sp³-hybridized carbons (Fsp3) is 0.321. The number of anilines is 4. The molecule has 3 heterocycles. The molecule has 0 bridgehead atoms. The molecule has 2 saturated heterocycles. The van der Waals surface area contributed by atoms with Crippen LogP contribution in [0.4, 0.5) is 23.0 Å². The fourth-order valence-corrected chi connectivity index (χ4v) is 4.66. The van der Waals surface area contributed by atoms with Crippen LogP contribution >= 0.6 is 11.6 Å². The molecule has 3 aromatic rings. The molecule has 2 aromatic carbocycles. The number of ether oxygens (including phenoxy) is 1. The third-order valence-corrected chi connectivity index (χ3v) is 7.21. The average Bonchev–Trinajstić information content (AvgIpc) is 2.90. The van der Waals surface area contributed by atoms with Crippen molar-refractivity contribution in [3.8, 4) is 11.6 Å². The lowest BCUT2D eigenvalue weighted by atomic mass is 10.1. The molecule has 0 aliphatic carbocycles. The summed E-state index contributed by atoms with van der Waals surface area (Å²) >= 11 is 6.35. The van der Waals surface area contributed by atoms with E-state index in [1.807, 2.05) is 36.4 Å². The predicted molar refractivity (Wildman–Crippen MR) is 152 cm³/mol. The Kier molecular flexibility index (Phi) is 7.67. The number of aromatic nitrogens is 2. The molecule has 38 heavy (non-hydrogen) atoms. The zero-order chi connectivity index (χ0) is 26.6. The summed E-state index contributed by atoms with van der Waals surface area (Å²) in [6.07, 6.45) is 2.86. The van der Waals surface area contributed by atoms with Crippen molar-refractivity contribution in [2.45, 2.75) is 19.0 Å². The maximum Gasteiger partial charge on any atom is 0.246 e. The third kappa shape index (κ3) is 6.00. The van der Waals surface area contributed by atoms with Gasteiger partial charge < -0.3 is 30.1 Å². The molecular weight excluding hydrogens is 502 g/mol. The van der Waals surface area contributed by atoms with Gasteiger partial charge in [-0.1, -0.05) is 24.2 Å². The highest BCUT2D eigenvalue weighted by Crippen LogP contribution is 2.30. The molecule has 9 nitrogen and oxygen atoms in total. The van der Waals surface area contributed by atoms with Gasteiger partial charge >= 0.3 is 0 Å². The lowest BCUT2D eigenvalue weighted by Crippen LogP contribution is -2.56. The smallest absolute Gasteiger partial charge is 0.246 e.